The van der Waals surface area contributed by atoms with E-state index in [9.17, 15) is 14.0 Å². The van der Waals surface area contributed by atoms with Crippen LogP contribution in [0, 0.1) is 11.7 Å². The Morgan fingerprint density at radius 1 is 1.28 bits per heavy atom. The van der Waals surface area contributed by atoms with Crippen molar-refractivity contribution in [2.45, 2.75) is 25.8 Å². The van der Waals surface area contributed by atoms with Crippen LogP contribution in [-0.2, 0) is 0 Å². The molecule has 4 rings (SSSR count). The largest absolute Gasteiger partial charge is 0.328 e. The van der Waals surface area contributed by atoms with E-state index in [1.807, 2.05) is 25.1 Å². The summed E-state index contributed by atoms with van der Waals surface area (Å²) in [6, 6.07) is 10.9. The summed E-state index contributed by atoms with van der Waals surface area (Å²) in [6.07, 6.45) is 3.85. The molecule has 2 N–H and O–H groups in total. The van der Waals surface area contributed by atoms with Gasteiger partial charge in [0.05, 0.1) is 11.1 Å². The molecule has 2 aromatic carbocycles. The number of carbonyl (C=O) groups excluding carboxylic acids is 1. The van der Waals surface area contributed by atoms with Gasteiger partial charge in [-0.1, -0.05) is 29.8 Å². The number of rotatable bonds is 5. The molecule has 0 unspecified atom stereocenters. The number of nitrogens with one attached hydrogen (secondary N) is 2. The summed E-state index contributed by atoms with van der Waals surface area (Å²) in [5.41, 5.74) is 1.14. The van der Waals surface area contributed by atoms with Crippen LogP contribution < -0.4 is 10.9 Å². The molecule has 7 heteroatoms. The van der Waals surface area contributed by atoms with Gasteiger partial charge in [0.1, 0.15) is 5.82 Å². The molecule has 0 saturated heterocycles. The minimum absolute atomic E-state index is 0.0452. The van der Waals surface area contributed by atoms with Crippen molar-refractivity contribution in [3.63, 3.8) is 0 Å². The highest BCUT2D eigenvalue weighted by Gasteiger charge is 2.31. The number of aromatic amines is 1. The fourth-order valence-electron chi connectivity index (χ4n) is 3.51. The van der Waals surface area contributed by atoms with Gasteiger partial charge in [0.2, 0.25) is 0 Å². The van der Waals surface area contributed by atoms with Crippen molar-refractivity contribution in [3.8, 4) is 0 Å². The molecule has 3 aromatic rings. The number of hydrogen-bond acceptors (Lipinski definition) is 2. The third kappa shape index (κ3) is 4.12. The van der Waals surface area contributed by atoms with Crippen molar-refractivity contribution < 1.29 is 9.18 Å². The van der Waals surface area contributed by atoms with Crippen molar-refractivity contribution in [2.24, 2.45) is 5.92 Å². The summed E-state index contributed by atoms with van der Waals surface area (Å²) in [7, 11) is 0. The molecular formula is C22H21ClFN3O2. The maximum Gasteiger partial charge on any atom is 0.322 e. The monoisotopic (exact) mass is 413 g/mol. The highest BCUT2D eigenvalue weighted by Crippen LogP contribution is 2.34. The number of urea groups is 1. The van der Waals surface area contributed by atoms with E-state index in [2.05, 4.69) is 10.3 Å². The van der Waals surface area contributed by atoms with Crippen LogP contribution in [0.3, 0.4) is 0 Å². The average molecular weight is 414 g/mol. The first-order chi connectivity index (χ1) is 13.9. The predicted molar refractivity (Wildman–Crippen MR) is 113 cm³/mol. The number of pyridine rings is 1. The van der Waals surface area contributed by atoms with Gasteiger partial charge in [-0.15, -0.1) is 0 Å². The number of benzene rings is 2. The van der Waals surface area contributed by atoms with Gasteiger partial charge in [-0.2, -0.15) is 0 Å². The van der Waals surface area contributed by atoms with Crippen LogP contribution in [0.25, 0.3) is 10.8 Å². The third-order valence-electron chi connectivity index (χ3n) is 5.34. The molecule has 1 aliphatic rings. The maximum absolute atomic E-state index is 13.4. The first kappa shape index (κ1) is 19.5. The molecule has 2 amide bonds. The Kier molecular flexibility index (Phi) is 5.28. The first-order valence-corrected chi connectivity index (χ1v) is 9.95. The lowest BCUT2D eigenvalue weighted by atomic mass is 10.0. The molecule has 0 bridgehead atoms. The number of fused-ring (bicyclic) bond motifs is 1. The van der Waals surface area contributed by atoms with Crippen molar-refractivity contribution in [1.29, 1.82) is 0 Å². The fourth-order valence-corrected chi connectivity index (χ4v) is 3.69. The number of anilines is 1. The fraction of sp³-hybridized carbons (Fsp3) is 0.273. The lowest BCUT2D eigenvalue weighted by Crippen LogP contribution is -2.38. The van der Waals surface area contributed by atoms with E-state index in [-0.39, 0.29) is 22.7 Å². The Morgan fingerprint density at radius 2 is 2.00 bits per heavy atom. The molecule has 150 valence electrons. The average Bonchev–Trinajstić information content (AvgIpc) is 3.53. The zero-order valence-electron chi connectivity index (χ0n) is 15.9. The maximum atomic E-state index is 13.4. The summed E-state index contributed by atoms with van der Waals surface area (Å²) in [4.78, 5) is 29.8. The van der Waals surface area contributed by atoms with Gasteiger partial charge in [0, 0.05) is 23.8 Å². The molecule has 1 aliphatic carbocycles. The standard InChI is InChI=1S/C22H21ClFN3O2/c1-13(18-11-25-21(28)17-5-3-2-4-16(17)18)27(12-14-6-7-14)22(29)26-15-8-9-20(24)19(23)10-15/h2-5,8-11,13-14H,6-7,12H2,1H3,(H,25,28)(H,26,29)/t13-/m1/s1. The van der Waals surface area contributed by atoms with E-state index in [4.69, 9.17) is 11.6 Å². The molecule has 29 heavy (non-hydrogen) atoms. The third-order valence-corrected chi connectivity index (χ3v) is 5.63. The van der Waals surface area contributed by atoms with Crippen molar-refractivity contribution >= 4 is 34.1 Å². The zero-order valence-corrected chi connectivity index (χ0v) is 16.7. The zero-order chi connectivity index (χ0) is 20.5. The van der Waals surface area contributed by atoms with E-state index in [1.54, 1.807) is 17.2 Å². The van der Waals surface area contributed by atoms with Crippen molar-refractivity contribution in [1.82, 2.24) is 9.88 Å². The summed E-state index contributed by atoms with van der Waals surface area (Å²) < 4.78 is 13.4. The van der Waals surface area contributed by atoms with Gasteiger partial charge in [0.25, 0.3) is 5.56 Å². The van der Waals surface area contributed by atoms with E-state index in [0.717, 1.165) is 23.8 Å². The van der Waals surface area contributed by atoms with Gasteiger partial charge in [-0.05, 0) is 60.9 Å². The van der Waals surface area contributed by atoms with Crippen LogP contribution in [0.1, 0.15) is 31.4 Å². The Hall–Kier alpha value is -2.86. The smallest absolute Gasteiger partial charge is 0.322 e. The second-order valence-corrected chi connectivity index (χ2v) is 7.86. The molecule has 1 fully saturated rings. The second-order valence-electron chi connectivity index (χ2n) is 7.45. The van der Waals surface area contributed by atoms with Crippen LogP contribution >= 0.6 is 11.6 Å². The molecule has 1 heterocycles. The minimum atomic E-state index is -0.535. The number of H-pyrrole nitrogens is 1. The minimum Gasteiger partial charge on any atom is -0.328 e. The van der Waals surface area contributed by atoms with E-state index >= 15 is 0 Å². The highest BCUT2D eigenvalue weighted by atomic mass is 35.5. The number of halogens is 2. The quantitative estimate of drug-likeness (QED) is 0.594. The molecule has 0 radical (unpaired) electrons. The van der Waals surface area contributed by atoms with Gasteiger partial charge in [-0.3, -0.25) is 4.79 Å². The SMILES string of the molecule is C[C@H](c1c[nH]c(=O)c2ccccc12)N(CC1CC1)C(=O)Nc1ccc(F)c(Cl)c1. The van der Waals surface area contributed by atoms with Crippen LogP contribution in [0.4, 0.5) is 14.9 Å². The second kappa shape index (κ2) is 7.87. The van der Waals surface area contributed by atoms with Gasteiger partial charge in [0.15, 0.2) is 0 Å². The Balaban J connectivity index is 1.66. The van der Waals surface area contributed by atoms with Gasteiger partial charge < -0.3 is 15.2 Å². The summed E-state index contributed by atoms with van der Waals surface area (Å²) in [6.45, 7) is 2.55. The first-order valence-electron chi connectivity index (χ1n) is 9.57. The van der Waals surface area contributed by atoms with Gasteiger partial charge in [-0.25, -0.2) is 9.18 Å². The van der Waals surface area contributed by atoms with Crippen LogP contribution in [0.5, 0.6) is 0 Å². The predicted octanol–water partition coefficient (Wildman–Crippen LogP) is 5.33. The van der Waals surface area contributed by atoms with E-state index in [1.165, 1.54) is 18.2 Å². The Labute approximate surface area is 172 Å². The van der Waals surface area contributed by atoms with Crippen molar-refractivity contribution in [3.05, 3.63) is 75.4 Å². The highest BCUT2D eigenvalue weighted by molar-refractivity contribution is 6.31. The molecule has 5 nitrogen and oxygen atoms in total. The molecule has 0 spiro atoms. The molecular weight excluding hydrogens is 393 g/mol. The normalized spacial score (nSPS) is 14.6. The van der Waals surface area contributed by atoms with Crippen LogP contribution in [0.15, 0.2) is 53.5 Å². The molecule has 1 atom stereocenters. The molecule has 1 saturated carbocycles. The number of amides is 2. The van der Waals surface area contributed by atoms with Gasteiger partial charge >= 0.3 is 6.03 Å². The lowest BCUT2D eigenvalue weighted by molar-refractivity contribution is 0.190. The molecule has 1 aromatic heterocycles. The topological polar surface area (TPSA) is 65.2 Å². The van der Waals surface area contributed by atoms with E-state index in [0.29, 0.717) is 23.5 Å². The Bertz CT molecular complexity index is 1130. The lowest BCUT2D eigenvalue weighted by Gasteiger charge is -2.30. The van der Waals surface area contributed by atoms with Crippen LogP contribution in [0.2, 0.25) is 5.02 Å². The van der Waals surface area contributed by atoms with Crippen LogP contribution in [-0.4, -0.2) is 22.5 Å². The number of carbonyl (C=O) groups is 1. The summed E-state index contributed by atoms with van der Waals surface area (Å²) >= 11 is 5.84. The number of aromatic nitrogens is 1. The van der Waals surface area contributed by atoms with E-state index < -0.39 is 5.82 Å². The molecule has 0 aliphatic heterocycles. The number of nitrogens with zero attached hydrogens (tertiary/aromatic N) is 1. The Morgan fingerprint density at radius 3 is 2.69 bits per heavy atom. The van der Waals surface area contributed by atoms with Crippen molar-refractivity contribution in [2.75, 3.05) is 11.9 Å². The summed E-state index contributed by atoms with van der Waals surface area (Å²) in [5.74, 6) is -0.0680. The number of hydrogen-bond donors (Lipinski definition) is 2. The summed E-state index contributed by atoms with van der Waals surface area (Å²) in [5, 5.41) is 4.19.